The SMILES string of the molecule is CC1(C)CCC(Oc2ncc(C(=O)O)cc2Cl)CC1. The normalized spacial score (nSPS) is 19.1. The minimum atomic E-state index is -1.04. The second kappa shape index (κ2) is 5.37. The third kappa shape index (κ3) is 3.60. The zero-order valence-corrected chi connectivity index (χ0v) is 11.9. The van der Waals surface area contributed by atoms with Gasteiger partial charge in [0.2, 0.25) is 5.88 Å². The van der Waals surface area contributed by atoms with Gasteiger partial charge in [0.1, 0.15) is 11.1 Å². The van der Waals surface area contributed by atoms with Crippen molar-refractivity contribution in [3.05, 3.63) is 22.8 Å². The molecule has 1 aliphatic rings. The molecule has 0 amide bonds. The highest BCUT2D eigenvalue weighted by atomic mass is 35.5. The maximum Gasteiger partial charge on any atom is 0.337 e. The number of aromatic carboxylic acids is 1. The summed E-state index contributed by atoms with van der Waals surface area (Å²) < 4.78 is 5.78. The predicted molar refractivity (Wildman–Crippen MR) is 72.9 cm³/mol. The summed E-state index contributed by atoms with van der Waals surface area (Å²) in [5, 5.41) is 9.09. The highest BCUT2D eigenvalue weighted by Gasteiger charge is 2.28. The van der Waals surface area contributed by atoms with Crippen LogP contribution < -0.4 is 4.74 Å². The van der Waals surface area contributed by atoms with Crippen LogP contribution in [0, 0.1) is 5.41 Å². The number of hydrogen-bond acceptors (Lipinski definition) is 3. The highest BCUT2D eigenvalue weighted by molar-refractivity contribution is 6.32. The Labute approximate surface area is 117 Å². The Bertz CT molecular complexity index is 478. The summed E-state index contributed by atoms with van der Waals surface area (Å²) in [5.74, 6) is -0.711. The first-order valence-electron chi connectivity index (χ1n) is 6.43. The van der Waals surface area contributed by atoms with Gasteiger partial charge in [-0.15, -0.1) is 0 Å². The van der Waals surface area contributed by atoms with Crippen LogP contribution in [-0.4, -0.2) is 22.2 Å². The highest BCUT2D eigenvalue weighted by Crippen LogP contribution is 2.37. The average molecular weight is 284 g/mol. The van der Waals surface area contributed by atoms with E-state index in [2.05, 4.69) is 18.8 Å². The summed E-state index contributed by atoms with van der Waals surface area (Å²) in [6, 6.07) is 1.37. The van der Waals surface area contributed by atoms with E-state index in [1.54, 1.807) is 0 Å². The second-order valence-electron chi connectivity index (χ2n) is 5.80. The van der Waals surface area contributed by atoms with Crippen LogP contribution in [-0.2, 0) is 0 Å². The largest absolute Gasteiger partial charge is 0.478 e. The molecule has 2 rings (SSSR count). The Morgan fingerprint density at radius 1 is 1.47 bits per heavy atom. The number of carbonyl (C=O) groups is 1. The molecular weight excluding hydrogens is 266 g/mol. The Kier molecular flexibility index (Phi) is 3.99. The van der Waals surface area contributed by atoms with Crippen LogP contribution >= 0.6 is 11.6 Å². The monoisotopic (exact) mass is 283 g/mol. The number of rotatable bonds is 3. The van der Waals surface area contributed by atoms with Gasteiger partial charge in [-0.2, -0.15) is 0 Å². The molecule has 0 saturated heterocycles. The van der Waals surface area contributed by atoms with E-state index in [9.17, 15) is 4.79 Å². The average Bonchev–Trinajstić information content (AvgIpc) is 2.34. The van der Waals surface area contributed by atoms with E-state index in [1.807, 2.05) is 0 Å². The first-order chi connectivity index (χ1) is 8.87. The lowest BCUT2D eigenvalue weighted by Gasteiger charge is -2.34. The molecule has 5 heteroatoms. The van der Waals surface area contributed by atoms with E-state index in [0.29, 0.717) is 11.3 Å². The van der Waals surface area contributed by atoms with E-state index in [-0.39, 0.29) is 16.7 Å². The number of hydrogen-bond donors (Lipinski definition) is 1. The van der Waals surface area contributed by atoms with Crippen molar-refractivity contribution < 1.29 is 14.6 Å². The first kappa shape index (κ1) is 14.1. The Hall–Kier alpha value is -1.29. The van der Waals surface area contributed by atoms with Crippen LogP contribution in [0.1, 0.15) is 49.9 Å². The summed E-state index contributed by atoms with van der Waals surface area (Å²) in [4.78, 5) is 14.8. The van der Waals surface area contributed by atoms with Crippen molar-refractivity contribution >= 4 is 17.6 Å². The molecule has 1 N–H and O–H groups in total. The number of aromatic nitrogens is 1. The summed E-state index contributed by atoms with van der Waals surface area (Å²) in [6.07, 6.45) is 5.58. The Morgan fingerprint density at radius 3 is 2.63 bits per heavy atom. The van der Waals surface area contributed by atoms with Crippen molar-refractivity contribution in [2.75, 3.05) is 0 Å². The molecule has 104 valence electrons. The van der Waals surface area contributed by atoms with E-state index in [4.69, 9.17) is 21.4 Å². The third-order valence-electron chi connectivity index (χ3n) is 3.62. The van der Waals surface area contributed by atoms with E-state index in [1.165, 1.54) is 12.3 Å². The molecule has 1 saturated carbocycles. The van der Waals surface area contributed by atoms with Crippen molar-refractivity contribution in [3.63, 3.8) is 0 Å². The van der Waals surface area contributed by atoms with Crippen molar-refractivity contribution in [1.82, 2.24) is 4.98 Å². The molecule has 1 heterocycles. The van der Waals surface area contributed by atoms with E-state index >= 15 is 0 Å². The third-order valence-corrected chi connectivity index (χ3v) is 3.89. The van der Waals surface area contributed by atoms with E-state index < -0.39 is 5.97 Å². The fourth-order valence-corrected chi connectivity index (χ4v) is 2.49. The number of carboxylic acids is 1. The topological polar surface area (TPSA) is 59.4 Å². The molecule has 1 aliphatic carbocycles. The van der Waals surface area contributed by atoms with Crippen LogP contribution in [0.25, 0.3) is 0 Å². The molecule has 0 aliphatic heterocycles. The van der Waals surface area contributed by atoms with Crippen LogP contribution in [0.4, 0.5) is 0 Å². The van der Waals surface area contributed by atoms with Gasteiger partial charge in [0, 0.05) is 6.20 Å². The number of halogens is 1. The summed E-state index contributed by atoms with van der Waals surface area (Å²) in [6.45, 7) is 4.52. The molecule has 0 radical (unpaired) electrons. The van der Waals surface area contributed by atoms with Gasteiger partial charge in [-0.25, -0.2) is 9.78 Å². The molecule has 0 bridgehead atoms. The Balaban J connectivity index is 2.02. The summed E-state index contributed by atoms with van der Waals surface area (Å²) in [7, 11) is 0. The molecule has 0 spiro atoms. The molecule has 1 aromatic heterocycles. The predicted octanol–water partition coefficient (Wildman–Crippen LogP) is 3.78. The van der Waals surface area contributed by atoms with Gasteiger partial charge < -0.3 is 9.84 Å². The zero-order valence-electron chi connectivity index (χ0n) is 11.1. The molecule has 0 atom stereocenters. The fourth-order valence-electron chi connectivity index (χ4n) is 2.28. The maximum absolute atomic E-state index is 10.8. The van der Waals surface area contributed by atoms with Crippen LogP contribution in [0.2, 0.25) is 5.02 Å². The first-order valence-corrected chi connectivity index (χ1v) is 6.81. The fraction of sp³-hybridized carbons (Fsp3) is 0.571. The van der Waals surface area contributed by atoms with Gasteiger partial charge in [-0.05, 0) is 37.2 Å². The van der Waals surface area contributed by atoms with E-state index in [0.717, 1.165) is 25.7 Å². The lowest BCUT2D eigenvalue weighted by Crippen LogP contribution is -2.28. The van der Waals surface area contributed by atoms with Gasteiger partial charge in [0.25, 0.3) is 0 Å². The number of ether oxygens (including phenoxy) is 1. The Morgan fingerprint density at radius 2 is 2.11 bits per heavy atom. The quantitative estimate of drug-likeness (QED) is 0.917. The molecule has 0 unspecified atom stereocenters. The zero-order chi connectivity index (χ0) is 14.0. The van der Waals surface area contributed by atoms with Crippen LogP contribution in [0.15, 0.2) is 12.3 Å². The van der Waals surface area contributed by atoms with Gasteiger partial charge in [-0.1, -0.05) is 25.4 Å². The summed E-state index contributed by atoms with van der Waals surface area (Å²) in [5.41, 5.74) is 0.451. The van der Waals surface area contributed by atoms with Crippen LogP contribution in [0.5, 0.6) is 5.88 Å². The number of pyridine rings is 1. The minimum absolute atomic E-state index is 0.0714. The molecule has 4 nitrogen and oxygen atoms in total. The van der Waals surface area contributed by atoms with Gasteiger partial charge in [0.05, 0.1) is 5.56 Å². The molecular formula is C14H18ClNO3. The van der Waals surface area contributed by atoms with Gasteiger partial charge in [0.15, 0.2) is 0 Å². The molecule has 0 aromatic carbocycles. The maximum atomic E-state index is 10.8. The second-order valence-corrected chi connectivity index (χ2v) is 6.20. The molecule has 1 fully saturated rings. The van der Waals surface area contributed by atoms with Crippen molar-refractivity contribution in [3.8, 4) is 5.88 Å². The number of nitrogens with zero attached hydrogens (tertiary/aromatic N) is 1. The van der Waals surface area contributed by atoms with Crippen LogP contribution in [0.3, 0.4) is 0 Å². The smallest absolute Gasteiger partial charge is 0.337 e. The van der Waals surface area contributed by atoms with Gasteiger partial charge in [-0.3, -0.25) is 0 Å². The van der Waals surface area contributed by atoms with Crippen molar-refractivity contribution in [2.45, 2.75) is 45.6 Å². The lowest BCUT2D eigenvalue weighted by atomic mass is 9.76. The lowest BCUT2D eigenvalue weighted by molar-refractivity contribution is 0.0695. The number of carboxylic acid groups (broad SMARTS) is 1. The minimum Gasteiger partial charge on any atom is -0.478 e. The van der Waals surface area contributed by atoms with Crippen molar-refractivity contribution in [1.29, 1.82) is 0 Å². The molecule has 19 heavy (non-hydrogen) atoms. The standard InChI is InChI=1S/C14H18ClNO3/c1-14(2)5-3-10(4-6-14)19-12-11(15)7-9(8-16-12)13(17)18/h7-8,10H,3-6H2,1-2H3,(H,17,18). The van der Waals surface area contributed by atoms with Crippen molar-refractivity contribution in [2.24, 2.45) is 5.41 Å². The van der Waals surface area contributed by atoms with Gasteiger partial charge >= 0.3 is 5.97 Å². The molecule has 1 aromatic rings. The summed E-state index contributed by atoms with van der Waals surface area (Å²) >= 11 is 6.00.